The molecule has 4 nitrogen and oxygen atoms in total. The van der Waals surface area contributed by atoms with Gasteiger partial charge >= 0.3 is 5.97 Å². The predicted molar refractivity (Wildman–Crippen MR) is 119 cm³/mol. The highest BCUT2D eigenvalue weighted by molar-refractivity contribution is 9.10. The fourth-order valence-corrected chi connectivity index (χ4v) is 3.40. The fraction of sp³-hybridized carbons (Fsp3) is 0.0400. The number of rotatable bonds is 6. The average Bonchev–Trinajstić information content (AvgIpc) is 2.78. The van der Waals surface area contributed by atoms with Gasteiger partial charge in [0.25, 0.3) is 0 Å². The Kier molecular flexibility index (Phi) is 5.91. The van der Waals surface area contributed by atoms with Crippen LogP contribution in [-0.4, -0.2) is 18.4 Å². The van der Waals surface area contributed by atoms with Gasteiger partial charge in [0.15, 0.2) is 12.4 Å². The van der Waals surface area contributed by atoms with E-state index in [9.17, 15) is 9.59 Å². The van der Waals surface area contributed by atoms with E-state index in [1.54, 1.807) is 42.5 Å². The first-order valence-electron chi connectivity index (χ1n) is 9.31. The number of hydrogen-bond donors (Lipinski definition) is 0. The number of ketones is 1. The van der Waals surface area contributed by atoms with Crippen LogP contribution in [0.2, 0.25) is 0 Å². The summed E-state index contributed by atoms with van der Waals surface area (Å²) in [5.74, 6) is 0.378. The van der Waals surface area contributed by atoms with E-state index in [1.165, 1.54) is 0 Å². The third-order valence-electron chi connectivity index (χ3n) is 4.51. The van der Waals surface area contributed by atoms with Gasteiger partial charge in [0, 0.05) is 15.6 Å². The van der Waals surface area contributed by atoms with Crippen LogP contribution in [0.25, 0.3) is 10.8 Å². The number of fused-ring (bicyclic) bond motifs is 1. The second kappa shape index (κ2) is 8.93. The summed E-state index contributed by atoms with van der Waals surface area (Å²) in [6.07, 6.45) is 0. The Bertz CT molecular complexity index is 1200. The monoisotopic (exact) mass is 460 g/mol. The van der Waals surface area contributed by atoms with Crippen molar-refractivity contribution in [3.8, 4) is 11.5 Å². The summed E-state index contributed by atoms with van der Waals surface area (Å²) in [6, 6.07) is 27.1. The second-order valence-corrected chi connectivity index (χ2v) is 7.55. The van der Waals surface area contributed by atoms with Crippen LogP contribution >= 0.6 is 15.9 Å². The standard InChI is InChI=1S/C25H17BrO4/c26-21-10-6-20-15-23(13-9-19(20)14-21)30-24(27)16-29-22-11-7-18(8-12-22)25(28)17-4-2-1-3-5-17/h1-15H,16H2. The summed E-state index contributed by atoms with van der Waals surface area (Å²) in [7, 11) is 0. The summed E-state index contributed by atoms with van der Waals surface area (Å²) in [4.78, 5) is 24.5. The summed E-state index contributed by atoms with van der Waals surface area (Å²) in [5, 5.41) is 2.02. The lowest BCUT2D eigenvalue weighted by Crippen LogP contribution is -2.17. The molecule has 0 spiro atoms. The van der Waals surface area contributed by atoms with E-state index in [0.29, 0.717) is 22.6 Å². The van der Waals surface area contributed by atoms with Gasteiger partial charge in [0.05, 0.1) is 0 Å². The second-order valence-electron chi connectivity index (χ2n) is 6.64. The van der Waals surface area contributed by atoms with Gasteiger partial charge in [-0.1, -0.05) is 58.4 Å². The molecule has 4 rings (SSSR count). The molecule has 0 aliphatic rings. The molecular weight excluding hydrogens is 444 g/mol. The molecular formula is C25H17BrO4. The Hall–Kier alpha value is -3.44. The molecule has 0 aliphatic carbocycles. The maximum absolute atomic E-state index is 12.4. The van der Waals surface area contributed by atoms with E-state index in [1.807, 2.05) is 48.5 Å². The highest BCUT2D eigenvalue weighted by atomic mass is 79.9. The summed E-state index contributed by atoms with van der Waals surface area (Å²) >= 11 is 3.44. The molecule has 0 N–H and O–H groups in total. The Morgan fingerprint density at radius 2 is 1.33 bits per heavy atom. The van der Waals surface area contributed by atoms with E-state index in [2.05, 4.69) is 15.9 Å². The third kappa shape index (κ3) is 4.75. The van der Waals surface area contributed by atoms with Crippen LogP contribution < -0.4 is 9.47 Å². The first-order chi connectivity index (χ1) is 14.6. The highest BCUT2D eigenvalue weighted by Crippen LogP contribution is 2.24. The normalized spacial score (nSPS) is 10.6. The molecule has 0 aliphatic heterocycles. The first kappa shape index (κ1) is 19.9. The van der Waals surface area contributed by atoms with Gasteiger partial charge in [0.2, 0.25) is 0 Å². The molecule has 0 atom stereocenters. The molecule has 0 unspecified atom stereocenters. The van der Waals surface area contributed by atoms with Gasteiger partial charge in [-0.2, -0.15) is 0 Å². The molecule has 4 aromatic carbocycles. The SMILES string of the molecule is O=C(COc1ccc(C(=O)c2ccccc2)cc1)Oc1ccc2cc(Br)ccc2c1. The molecule has 0 aromatic heterocycles. The van der Waals surface area contributed by atoms with Gasteiger partial charge < -0.3 is 9.47 Å². The number of hydrogen-bond acceptors (Lipinski definition) is 4. The van der Waals surface area contributed by atoms with Crippen molar-refractivity contribution in [2.24, 2.45) is 0 Å². The summed E-state index contributed by atoms with van der Waals surface area (Å²) in [5.41, 5.74) is 1.18. The number of halogens is 1. The minimum atomic E-state index is -0.504. The van der Waals surface area contributed by atoms with Crippen molar-refractivity contribution in [3.63, 3.8) is 0 Å². The van der Waals surface area contributed by atoms with Gasteiger partial charge in [-0.25, -0.2) is 4.79 Å². The van der Waals surface area contributed by atoms with E-state index < -0.39 is 5.97 Å². The Morgan fingerprint density at radius 3 is 2.10 bits per heavy atom. The molecule has 0 radical (unpaired) electrons. The molecule has 0 fully saturated rings. The molecule has 148 valence electrons. The van der Waals surface area contributed by atoms with Crippen LogP contribution in [-0.2, 0) is 4.79 Å². The Balaban J connectivity index is 1.35. The molecule has 0 heterocycles. The molecule has 0 saturated carbocycles. The first-order valence-corrected chi connectivity index (χ1v) is 10.1. The average molecular weight is 461 g/mol. The van der Waals surface area contributed by atoms with Crippen LogP contribution in [0.1, 0.15) is 15.9 Å². The molecule has 0 bridgehead atoms. The lowest BCUT2D eigenvalue weighted by atomic mass is 10.0. The van der Waals surface area contributed by atoms with E-state index >= 15 is 0 Å². The lowest BCUT2D eigenvalue weighted by Gasteiger charge is -2.08. The van der Waals surface area contributed by atoms with Gasteiger partial charge in [-0.15, -0.1) is 0 Å². The number of ether oxygens (including phenoxy) is 2. The molecule has 5 heteroatoms. The van der Waals surface area contributed by atoms with Crippen molar-refractivity contribution in [2.45, 2.75) is 0 Å². The number of carbonyl (C=O) groups excluding carboxylic acids is 2. The maximum atomic E-state index is 12.4. The quantitative estimate of drug-likeness (QED) is 0.206. The van der Waals surface area contributed by atoms with Crippen LogP contribution in [0.15, 0.2) is 95.5 Å². The largest absolute Gasteiger partial charge is 0.482 e. The fourth-order valence-electron chi connectivity index (χ4n) is 3.02. The van der Waals surface area contributed by atoms with E-state index in [0.717, 1.165) is 15.2 Å². The topological polar surface area (TPSA) is 52.6 Å². The van der Waals surface area contributed by atoms with Crippen molar-refractivity contribution in [1.82, 2.24) is 0 Å². The summed E-state index contributed by atoms with van der Waals surface area (Å²) < 4.78 is 11.8. The predicted octanol–water partition coefficient (Wildman–Crippen LogP) is 5.82. The van der Waals surface area contributed by atoms with Crippen molar-refractivity contribution < 1.29 is 19.1 Å². The maximum Gasteiger partial charge on any atom is 0.349 e. The van der Waals surface area contributed by atoms with Crippen LogP contribution in [0, 0.1) is 0 Å². The Labute approximate surface area is 182 Å². The van der Waals surface area contributed by atoms with Crippen LogP contribution in [0.4, 0.5) is 0 Å². The van der Waals surface area contributed by atoms with Crippen LogP contribution in [0.5, 0.6) is 11.5 Å². The highest BCUT2D eigenvalue weighted by Gasteiger charge is 2.10. The molecule has 0 saturated heterocycles. The van der Waals surface area contributed by atoms with Crippen molar-refractivity contribution >= 4 is 38.5 Å². The smallest absolute Gasteiger partial charge is 0.349 e. The van der Waals surface area contributed by atoms with Gasteiger partial charge in [-0.3, -0.25) is 4.79 Å². The lowest BCUT2D eigenvalue weighted by molar-refractivity contribution is -0.136. The zero-order valence-corrected chi connectivity index (χ0v) is 17.5. The van der Waals surface area contributed by atoms with E-state index in [4.69, 9.17) is 9.47 Å². The number of esters is 1. The van der Waals surface area contributed by atoms with E-state index in [-0.39, 0.29) is 12.4 Å². The van der Waals surface area contributed by atoms with Crippen molar-refractivity contribution in [3.05, 3.63) is 107 Å². The third-order valence-corrected chi connectivity index (χ3v) is 5.01. The molecule has 0 amide bonds. The minimum absolute atomic E-state index is 0.0649. The number of carbonyl (C=O) groups is 2. The summed E-state index contributed by atoms with van der Waals surface area (Å²) in [6.45, 7) is -0.232. The van der Waals surface area contributed by atoms with Crippen molar-refractivity contribution in [1.29, 1.82) is 0 Å². The zero-order valence-electron chi connectivity index (χ0n) is 15.9. The molecule has 30 heavy (non-hydrogen) atoms. The minimum Gasteiger partial charge on any atom is -0.482 e. The zero-order chi connectivity index (χ0) is 20.9. The molecule has 4 aromatic rings. The number of benzene rings is 4. The van der Waals surface area contributed by atoms with Gasteiger partial charge in [0.1, 0.15) is 11.5 Å². The Morgan fingerprint density at radius 1 is 0.700 bits per heavy atom. The van der Waals surface area contributed by atoms with Crippen LogP contribution in [0.3, 0.4) is 0 Å². The van der Waals surface area contributed by atoms with Crippen molar-refractivity contribution in [2.75, 3.05) is 6.61 Å². The van der Waals surface area contributed by atoms with Gasteiger partial charge in [-0.05, 0) is 59.3 Å².